The summed E-state index contributed by atoms with van der Waals surface area (Å²) >= 11 is 0. The fraction of sp³-hybridized carbons (Fsp3) is 0.414. The van der Waals surface area contributed by atoms with Crippen molar-refractivity contribution in [3.63, 3.8) is 0 Å². The highest BCUT2D eigenvalue weighted by atomic mass is 16.5. The molecule has 0 saturated heterocycles. The number of esters is 1. The first kappa shape index (κ1) is 23.1. The molecule has 0 heterocycles. The molecule has 2 nitrogen and oxygen atoms in total. The molecule has 1 aliphatic rings. The summed E-state index contributed by atoms with van der Waals surface area (Å²) in [5.41, 5.74) is 4.35. The van der Waals surface area contributed by atoms with Gasteiger partial charge < -0.3 is 4.74 Å². The highest BCUT2D eigenvalue weighted by molar-refractivity contribution is 5.91. The zero-order valence-electron chi connectivity index (χ0n) is 19.1. The largest absolute Gasteiger partial charge is 0.423 e. The second-order valence-electron chi connectivity index (χ2n) is 8.59. The second kappa shape index (κ2) is 12.3. The van der Waals surface area contributed by atoms with Gasteiger partial charge in [0, 0.05) is 0 Å². The highest BCUT2D eigenvalue weighted by Crippen LogP contribution is 2.33. The van der Waals surface area contributed by atoms with Crippen LogP contribution in [0.5, 0.6) is 5.75 Å². The van der Waals surface area contributed by atoms with E-state index in [9.17, 15) is 4.79 Å². The fourth-order valence-corrected chi connectivity index (χ4v) is 4.12. The van der Waals surface area contributed by atoms with Crippen LogP contribution in [0.25, 0.3) is 11.6 Å². The van der Waals surface area contributed by atoms with Crippen LogP contribution in [0.4, 0.5) is 0 Å². The van der Waals surface area contributed by atoms with Gasteiger partial charge in [-0.1, -0.05) is 88.4 Å². The third kappa shape index (κ3) is 7.24. The molecule has 164 valence electrons. The van der Waals surface area contributed by atoms with Gasteiger partial charge >= 0.3 is 5.97 Å². The van der Waals surface area contributed by atoms with Crippen molar-refractivity contribution in [1.29, 1.82) is 0 Å². The Labute approximate surface area is 188 Å². The molecule has 2 aromatic carbocycles. The number of benzene rings is 2. The van der Waals surface area contributed by atoms with E-state index in [1.807, 2.05) is 36.4 Å². The molecule has 0 bridgehead atoms. The van der Waals surface area contributed by atoms with E-state index in [4.69, 9.17) is 4.74 Å². The van der Waals surface area contributed by atoms with Gasteiger partial charge in [-0.2, -0.15) is 0 Å². The number of ether oxygens (including phenoxy) is 1. The topological polar surface area (TPSA) is 26.3 Å². The summed E-state index contributed by atoms with van der Waals surface area (Å²) in [6.07, 6.45) is 17.9. The van der Waals surface area contributed by atoms with Crippen LogP contribution in [0.2, 0.25) is 0 Å². The Morgan fingerprint density at radius 1 is 1.00 bits per heavy atom. The number of allylic oxidation sites excluding steroid dienone is 3. The first-order chi connectivity index (χ1) is 15.2. The molecule has 0 N–H and O–H groups in total. The van der Waals surface area contributed by atoms with Crippen molar-refractivity contribution in [3.8, 4) is 5.75 Å². The predicted octanol–water partition coefficient (Wildman–Crippen LogP) is 8.48. The normalized spacial score (nSPS) is 16.3. The maximum Gasteiger partial charge on any atom is 0.343 e. The van der Waals surface area contributed by atoms with Gasteiger partial charge in [0.05, 0.1) is 5.56 Å². The number of hydrogen-bond acceptors (Lipinski definition) is 2. The Balaban J connectivity index is 1.53. The van der Waals surface area contributed by atoms with E-state index in [0.717, 1.165) is 30.7 Å². The van der Waals surface area contributed by atoms with E-state index < -0.39 is 0 Å². The van der Waals surface area contributed by atoms with Gasteiger partial charge in [-0.3, -0.25) is 0 Å². The number of carbonyl (C=O) groups is 1. The second-order valence-corrected chi connectivity index (χ2v) is 8.59. The summed E-state index contributed by atoms with van der Waals surface area (Å²) in [7, 11) is 0. The van der Waals surface area contributed by atoms with Crippen LogP contribution in [0.3, 0.4) is 0 Å². The lowest BCUT2D eigenvalue weighted by Crippen LogP contribution is -2.09. The summed E-state index contributed by atoms with van der Waals surface area (Å²) < 4.78 is 5.55. The van der Waals surface area contributed by atoms with Gasteiger partial charge in [-0.05, 0) is 72.6 Å². The molecule has 1 atom stereocenters. The molecule has 0 aromatic heterocycles. The summed E-state index contributed by atoms with van der Waals surface area (Å²) in [5, 5.41) is 0. The van der Waals surface area contributed by atoms with E-state index in [1.165, 1.54) is 49.7 Å². The molecule has 0 fully saturated rings. The number of carbonyl (C=O) groups excluding carboxylic acids is 1. The molecule has 3 rings (SSSR count). The van der Waals surface area contributed by atoms with Crippen molar-refractivity contribution in [2.75, 3.05) is 0 Å². The Bertz CT molecular complexity index is 872. The van der Waals surface area contributed by atoms with Gasteiger partial charge in [0.1, 0.15) is 5.75 Å². The summed E-state index contributed by atoms with van der Waals surface area (Å²) in [4.78, 5) is 12.5. The molecule has 1 unspecified atom stereocenters. The van der Waals surface area contributed by atoms with Crippen LogP contribution in [-0.2, 0) is 0 Å². The SMILES string of the molecule is CCC/C=C/c1ccc(OC(=O)c2ccc(C3=CCC(CCCCC)CC3)cc2)cc1. The molecule has 2 aromatic rings. The molecule has 1 aliphatic carbocycles. The maximum absolute atomic E-state index is 12.5. The first-order valence-corrected chi connectivity index (χ1v) is 12.0. The zero-order valence-corrected chi connectivity index (χ0v) is 19.1. The fourth-order valence-electron chi connectivity index (χ4n) is 4.12. The van der Waals surface area contributed by atoms with Gasteiger partial charge in [0.15, 0.2) is 0 Å². The van der Waals surface area contributed by atoms with E-state index in [-0.39, 0.29) is 5.97 Å². The molecular formula is C29H36O2. The van der Waals surface area contributed by atoms with Crippen molar-refractivity contribution in [3.05, 3.63) is 77.4 Å². The quantitative estimate of drug-likeness (QED) is 0.220. The Morgan fingerprint density at radius 3 is 2.42 bits per heavy atom. The number of hydrogen-bond donors (Lipinski definition) is 0. The van der Waals surface area contributed by atoms with Gasteiger partial charge in [0.25, 0.3) is 0 Å². The molecule has 0 amide bonds. The predicted molar refractivity (Wildman–Crippen MR) is 131 cm³/mol. The van der Waals surface area contributed by atoms with Crippen molar-refractivity contribution < 1.29 is 9.53 Å². The molecule has 31 heavy (non-hydrogen) atoms. The van der Waals surface area contributed by atoms with Crippen molar-refractivity contribution >= 4 is 17.6 Å². The van der Waals surface area contributed by atoms with Crippen LogP contribution in [0, 0.1) is 5.92 Å². The van der Waals surface area contributed by atoms with Crippen LogP contribution in [0.1, 0.15) is 93.1 Å². The highest BCUT2D eigenvalue weighted by Gasteiger charge is 2.16. The smallest absolute Gasteiger partial charge is 0.343 e. The maximum atomic E-state index is 12.5. The van der Waals surface area contributed by atoms with Gasteiger partial charge in [0.2, 0.25) is 0 Å². The summed E-state index contributed by atoms with van der Waals surface area (Å²) in [6.45, 7) is 4.43. The number of unbranched alkanes of at least 4 members (excludes halogenated alkanes) is 3. The van der Waals surface area contributed by atoms with Crippen LogP contribution in [0.15, 0.2) is 60.7 Å². The Morgan fingerprint density at radius 2 is 1.77 bits per heavy atom. The van der Waals surface area contributed by atoms with Crippen LogP contribution >= 0.6 is 0 Å². The van der Waals surface area contributed by atoms with Gasteiger partial charge in [-0.25, -0.2) is 4.79 Å². The minimum atomic E-state index is -0.311. The zero-order chi connectivity index (χ0) is 21.9. The average Bonchev–Trinajstić information content (AvgIpc) is 2.81. The lowest BCUT2D eigenvalue weighted by molar-refractivity contribution is 0.0735. The average molecular weight is 417 g/mol. The standard InChI is InChI=1S/C29H36O2/c1-3-5-7-9-23-11-15-25(16-12-23)26-17-19-27(20-18-26)29(30)31-28-21-13-24(14-22-28)10-8-6-4-2/h8,10,13-15,17-23H,3-7,9,11-12,16H2,1-2H3/b10-8+. The minimum Gasteiger partial charge on any atom is -0.423 e. The lowest BCUT2D eigenvalue weighted by atomic mass is 9.84. The Kier molecular flexibility index (Phi) is 9.15. The molecule has 0 radical (unpaired) electrons. The number of rotatable bonds is 10. The van der Waals surface area contributed by atoms with Crippen molar-refractivity contribution in [2.45, 2.75) is 71.6 Å². The third-order valence-electron chi connectivity index (χ3n) is 6.08. The van der Waals surface area contributed by atoms with E-state index in [2.05, 4.69) is 44.2 Å². The molecule has 0 spiro atoms. The summed E-state index contributed by atoms with van der Waals surface area (Å²) in [5.74, 6) is 1.11. The summed E-state index contributed by atoms with van der Waals surface area (Å²) in [6, 6.07) is 15.5. The first-order valence-electron chi connectivity index (χ1n) is 12.0. The monoisotopic (exact) mass is 416 g/mol. The molecular weight excluding hydrogens is 380 g/mol. The van der Waals surface area contributed by atoms with Crippen LogP contribution < -0.4 is 4.74 Å². The van der Waals surface area contributed by atoms with Gasteiger partial charge in [-0.15, -0.1) is 0 Å². The van der Waals surface area contributed by atoms with E-state index in [1.54, 1.807) is 0 Å². The third-order valence-corrected chi connectivity index (χ3v) is 6.08. The van der Waals surface area contributed by atoms with E-state index >= 15 is 0 Å². The van der Waals surface area contributed by atoms with Crippen molar-refractivity contribution in [2.24, 2.45) is 5.92 Å². The lowest BCUT2D eigenvalue weighted by Gasteiger charge is -2.22. The van der Waals surface area contributed by atoms with Crippen molar-refractivity contribution in [1.82, 2.24) is 0 Å². The van der Waals surface area contributed by atoms with E-state index in [0.29, 0.717) is 11.3 Å². The molecule has 0 aliphatic heterocycles. The molecule has 2 heteroatoms. The van der Waals surface area contributed by atoms with Crippen LogP contribution in [-0.4, -0.2) is 5.97 Å². The molecule has 0 saturated carbocycles. The Hall–Kier alpha value is -2.61. The minimum absolute atomic E-state index is 0.311.